The Morgan fingerprint density at radius 2 is 1.78 bits per heavy atom. The molecule has 2 aromatic carbocycles. The molecule has 3 heterocycles. The van der Waals surface area contributed by atoms with E-state index in [-0.39, 0.29) is 29.2 Å². The number of likely N-dealkylation sites (tertiary alicyclic amines) is 1. The summed E-state index contributed by atoms with van der Waals surface area (Å²) in [5, 5.41) is 11.3. The number of urea groups is 1. The first-order valence-corrected chi connectivity index (χ1v) is 12.4. The van der Waals surface area contributed by atoms with E-state index in [0.29, 0.717) is 35.1 Å². The standard InChI is InChI=1S/C25H21ClFN5O3S/c26-15-1-6-20-18(11-15)21(12-28-20)31-25(35)30-17-4-2-16(3-5-17)29-23(33)14-7-9-32(13-14)24(34)22-19(27)8-10-36-22/h1-6,8,10-12,14,28H,7,9,13H2,(H,29,33)(H2,30,31,35). The minimum absolute atomic E-state index is 0.0664. The predicted octanol–water partition coefficient (Wildman–Crippen LogP) is 5.77. The summed E-state index contributed by atoms with van der Waals surface area (Å²) < 4.78 is 13.7. The number of nitrogens with one attached hydrogen (secondary N) is 4. The number of H-pyrrole nitrogens is 1. The Labute approximate surface area is 214 Å². The molecule has 8 nitrogen and oxygen atoms in total. The number of carbonyl (C=O) groups excluding carboxylic acids is 3. The quantitative estimate of drug-likeness (QED) is 0.266. The third-order valence-electron chi connectivity index (χ3n) is 5.96. The monoisotopic (exact) mass is 525 g/mol. The summed E-state index contributed by atoms with van der Waals surface area (Å²) in [4.78, 5) is 42.3. The van der Waals surface area contributed by atoms with Gasteiger partial charge in [-0.05, 0) is 60.3 Å². The van der Waals surface area contributed by atoms with Crippen molar-refractivity contribution in [2.45, 2.75) is 6.42 Å². The number of rotatable bonds is 5. The van der Waals surface area contributed by atoms with Crippen molar-refractivity contribution >= 4 is 68.7 Å². The van der Waals surface area contributed by atoms with E-state index in [0.717, 1.165) is 22.2 Å². The van der Waals surface area contributed by atoms with Gasteiger partial charge < -0.3 is 25.8 Å². The van der Waals surface area contributed by atoms with Gasteiger partial charge in [0.1, 0.15) is 10.7 Å². The first-order valence-electron chi connectivity index (χ1n) is 11.2. The normalized spacial score (nSPS) is 15.2. The Bertz CT molecular complexity index is 1450. The van der Waals surface area contributed by atoms with Gasteiger partial charge in [-0.15, -0.1) is 11.3 Å². The SMILES string of the molecule is O=C(Nc1ccc(NC(=O)C2CCN(C(=O)c3sccc3F)C2)cc1)Nc1c[nH]c2ccc(Cl)cc12. The molecule has 4 amide bonds. The molecule has 1 saturated heterocycles. The van der Waals surface area contributed by atoms with Crippen LogP contribution in [0, 0.1) is 11.7 Å². The van der Waals surface area contributed by atoms with Crippen molar-refractivity contribution in [1.82, 2.24) is 9.88 Å². The number of fused-ring (bicyclic) bond motifs is 1. The van der Waals surface area contributed by atoms with Crippen molar-refractivity contribution in [3.05, 3.63) is 75.8 Å². The second kappa shape index (κ2) is 10.00. The molecule has 4 N–H and O–H groups in total. The van der Waals surface area contributed by atoms with Gasteiger partial charge in [-0.25, -0.2) is 9.18 Å². The highest BCUT2D eigenvalue weighted by molar-refractivity contribution is 7.12. The smallest absolute Gasteiger partial charge is 0.323 e. The molecule has 1 aliphatic heterocycles. The second-order valence-corrected chi connectivity index (χ2v) is 9.72. The molecule has 11 heteroatoms. The van der Waals surface area contributed by atoms with Gasteiger partial charge in [-0.1, -0.05) is 11.6 Å². The van der Waals surface area contributed by atoms with E-state index in [4.69, 9.17) is 11.6 Å². The van der Waals surface area contributed by atoms with Crippen molar-refractivity contribution in [1.29, 1.82) is 0 Å². The molecule has 1 unspecified atom stereocenters. The number of anilines is 3. The van der Waals surface area contributed by atoms with Crippen LogP contribution in [0.1, 0.15) is 16.1 Å². The largest absolute Gasteiger partial charge is 0.359 e. The van der Waals surface area contributed by atoms with Crippen molar-refractivity contribution in [2.75, 3.05) is 29.0 Å². The summed E-state index contributed by atoms with van der Waals surface area (Å²) in [6.45, 7) is 0.635. The minimum atomic E-state index is -0.536. The lowest BCUT2D eigenvalue weighted by atomic mass is 10.1. The van der Waals surface area contributed by atoms with E-state index in [2.05, 4.69) is 20.9 Å². The summed E-state index contributed by atoms with van der Waals surface area (Å²) in [5.41, 5.74) is 2.55. The van der Waals surface area contributed by atoms with Crippen LogP contribution < -0.4 is 16.0 Å². The Hall–Kier alpha value is -3.89. The molecule has 1 atom stereocenters. The number of aromatic amines is 1. The third-order valence-corrected chi connectivity index (χ3v) is 7.07. The molecular formula is C25H21ClFN5O3S. The third kappa shape index (κ3) is 5.05. The lowest BCUT2D eigenvalue weighted by molar-refractivity contribution is -0.119. The molecule has 4 aromatic rings. The van der Waals surface area contributed by atoms with E-state index in [9.17, 15) is 18.8 Å². The molecule has 184 valence electrons. The minimum Gasteiger partial charge on any atom is -0.359 e. The molecule has 1 aliphatic rings. The molecule has 2 aromatic heterocycles. The molecule has 0 radical (unpaired) electrons. The zero-order valence-electron chi connectivity index (χ0n) is 18.8. The first kappa shape index (κ1) is 23.8. The van der Waals surface area contributed by atoms with Crippen LogP contribution in [0.3, 0.4) is 0 Å². The highest BCUT2D eigenvalue weighted by Gasteiger charge is 2.32. The lowest BCUT2D eigenvalue weighted by Crippen LogP contribution is -2.31. The molecular weight excluding hydrogens is 505 g/mol. The average molecular weight is 526 g/mol. The topological polar surface area (TPSA) is 106 Å². The van der Waals surface area contributed by atoms with Gasteiger partial charge in [0.15, 0.2) is 0 Å². The molecule has 0 spiro atoms. The van der Waals surface area contributed by atoms with E-state index in [1.165, 1.54) is 16.3 Å². The summed E-state index contributed by atoms with van der Waals surface area (Å²) in [6.07, 6.45) is 2.19. The van der Waals surface area contributed by atoms with Gasteiger partial charge >= 0.3 is 6.03 Å². The predicted molar refractivity (Wildman–Crippen MR) is 139 cm³/mol. The van der Waals surface area contributed by atoms with Crippen LogP contribution in [0.2, 0.25) is 5.02 Å². The Morgan fingerprint density at radius 3 is 2.50 bits per heavy atom. The van der Waals surface area contributed by atoms with Crippen molar-refractivity contribution < 1.29 is 18.8 Å². The van der Waals surface area contributed by atoms with Crippen LogP contribution >= 0.6 is 22.9 Å². The summed E-state index contributed by atoms with van der Waals surface area (Å²) in [6, 6.07) is 12.9. The maximum atomic E-state index is 13.7. The van der Waals surface area contributed by atoms with Gasteiger partial charge in [0.05, 0.1) is 11.6 Å². The lowest BCUT2D eigenvalue weighted by Gasteiger charge is -2.16. The number of benzene rings is 2. The van der Waals surface area contributed by atoms with E-state index in [1.807, 2.05) is 6.07 Å². The number of halogens is 2. The second-order valence-electron chi connectivity index (χ2n) is 8.37. The fourth-order valence-corrected chi connectivity index (χ4v) is 5.02. The number of hydrogen-bond acceptors (Lipinski definition) is 4. The Balaban J connectivity index is 1.14. The average Bonchev–Trinajstić information content (AvgIpc) is 3.60. The first-order chi connectivity index (χ1) is 17.4. The Kier molecular flexibility index (Phi) is 6.62. The molecule has 36 heavy (non-hydrogen) atoms. The number of amides is 4. The molecule has 5 rings (SSSR count). The van der Waals surface area contributed by atoms with E-state index >= 15 is 0 Å². The number of hydrogen-bond donors (Lipinski definition) is 4. The van der Waals surface area contributed by atoms with Crippen LogP contribution in [0.5, 0.6) is 0 Å². The summed E-state index contributed by atoms with van der Waals surface area (Å²) in [7, 11) is 0. The zero-order valence-corrected chi connectivity index (χ0v) is 20.4. The highest BCUT2D eigenvalue weighted by Crippen LogP contribution is 2.27. The van der Waals surface area contributed by atoms with Gasteiger partial charge in [0.25, 0.3) is 5.91 Å². The van der Waals surface area contributed by atoms with Crippen molar-refractivity contribution in [3.63, 3.8) is 0 Å². The van der Waals surface area contributed by atoms with Gasteiger partial charge in [-0.3, -0.25) is 9.59 Å². The molecule has 0 saturated carbocycles. The molecule has 0 bridgehead atoms. The van der Waals surface area contributed by atoms with Crippen LogP contribution in [0.25, 0.3) is 10.9 Å². The van der Waals surface area contributed by atoms with E-state index in [1.54, 1.807) is 42.6 Å². The van der Waals surface area contributed by atoms with Gasteiger partial charge in [-0.2, -0.15) is 0 Å². The van der Waals surface area contributed by atoms with Gasteiger partial charge in [0.2, 0.25) is 5.91 Å². The van der Waals surface area contributed by atoms with Crippen LogP contribution in [0.4, 0.5) is 26.2 Å². The summed E-state index contributed by atoms with van der Waals surface area (Å²) >= 11 is 7.11. The zero-order chi connectivity index (χ0) is 25.2. The number of nitrogens with zero attached hydrogens (tertiary/aromatic N) is 1. The van der Waals surface area contributed by atoms with Crippen LogP contribution in [-0.2, 0) is 4.79 Å². The van der Waals surface area contributed by atoms with Crippen LogP contribution in [-0.4, -0.2) is 40.8 Å². The number of aromatic nitrogens is 1. The fraction of sp³-hybridized carbons (Fsp3) is 0.160. The molecule has 0 aliphatic carbocycles. The van der Waals surface area contributed by atoms with Crippen LogP contribution in [0.15, 0.2) is 60.1 Å². The maximum Gasteiger partial charge on any atom is 0.323 e. The highest BCUT2D eigenvalue weighted by atomic mass is 35.5. The maximum absolute atomic E-state index is 13.7. The number of thiophene rings is 1. The fourth-order valence-electron chi connectivity index (χ4n) is 4.11. The summed E-state index contributed by atoms with van der Waals surface area (Å²) in [5.74, 6) is -1.52. The van der Waals surface area contributed by atoms with Crippen molar-refractivity contribution in [2.24, 2.45) is 5.92 Å². The van der Waals surface area contributed by atoms with Gasteiger partial charge in [0, 0.05) is 46.6 Å². The van der Waals surface area contributed by atoms with Crippen molar-refractivity contribution in [3.8, 4) is 0 Å². The molecule has 1 fully saturated rings. The Morgan fingerprint density at radius 1 is 1.03 bits per heavy atom. The number of carbonyl (C=O) groups is 3. The van der Waals surface area contributed by atoms with E-state index < -0.39 is 11.8 Å².